The summed E-state index contributed by atoms with van der Waals surface area (Å²) >= 11 is 0. The van der Waals surface area contributed by atoms with Crippen LogP contribution in [-0.2, 0) is 0 Å². The monoisotopic (exact) mass is 261 g/mol. The number of nitrogens with one attached hydrogen (secondary N) is 1. The summed E-state index contributed by atoms with van der Waals surface area (Å²) in [6, 6.07) is 6.47. The van der Waals surface area contributed by atoms with Crippen molar-refractivity contribution in [2.24, 2.45) is 0 Å². The third-order valence-electron chi connectivity index (χ3n) is 3.13. The summed E-state index contributed by atoms with van der Waals surface area (Å²) in [6.07, 6.45) is 1.86. The predicted octanol–water partition coefficient (Wildman–Crippen LogP) is 4.09. The molecule has 0 fully saturated rings. The molecule has 0 aliphatic heterocycles. The first-order valence-electron chi connectivity index (χ1n) is 7.15. The van der Waals surface area contributed by atoms with Crippen LogP contribution in [0.15, 0.2) is 30.9 Å². The number of hydrogen-bond donors (Lipinski definition) is 1. The summed E-state index contributed by atoms with van der Waals surface area (Å²) in [5.41, 5.74) is 2.60. The second-order valence-corrected chi connectivity index (χ2v) is 5.42. The summed E-state index contributed by atoms with van der Waals surface area (Å²) in [5, 5.41) is 3.26. The van der Waals surface area contributed by atoms with Crippen molar-refractivity contribution < 1.29 is 4.74 Å². The molecular weight excluding hydrogens is 234 g/mol. The molecule has 0 saturated carbocycles. The first-order chi connectivity index (χ1) is 9.07. The van der Waals surface area contributed by atoms with Crippen LogP contribution in [0.2, 0.25) is 0 Å². The van der Waals surface area contributed by atoms with Crippen LogP contribution < -0.4 is 10.1 Å². The third-order valence-corrected chi connectivity index (χ3v) is 3.13. The zero-order chi connectivity index (χ0) is 14.3. The SMILES string of the molecule is C=CCNCCOc1c(C(C)C)cccc1C(C)C. The first kappa shape index (κ1) is 15.8. The van der Waals surface area contributed by atoms with Crippen molar-refractivity contribution in [2.75, 3.05) is 19.7 Å². The molecule has 106 valence electrons. The van der Waals surface area contributed by atoms with Crippen molar-refractivity contribution in [1.29, 1.82) is 0 Å². The average Bonchev–Trinajstić information content (AvgIpc) is 2.38. The molecule has 2 nitrogen and oxygen atoms in total. The quantitative estimate of drug-likeness (QED) is 0.562. The fourth-order valence-corrected chi connectivity index (χ4v) is 2.08. The van der Waals surface area contributed by atoms with Gasteiger partial charge in [0.2, 0.25) is 0 Å². The topological polar surface area (TPSA) is 21.3 Å². The van der Waals surface area contributed by atoms with Crippen molar-refractivity contribution in [1.82, 2.24) is 5.32 Å². The maximum atomic E-state index is 6.04. The summed E-state index contributed by atoms with van der Waals surface area (Å²) < 4.78 is 6.04. The van der Waals surface area contributed by atoms with Crippen LogP contribution in [0.25, 0.3) is 0 Å². The van der Waals surface area contributed by atoms with Gasteiger partial charge in [-0.1, -0.05) is 52.0 Å². The molecule has 0 atom stereocenters. The first-order valence-corrected chi connectivity index (χ1v) is 7.15. The molecule has 0 aromatic heterocycles. The Bertz CT molecular complexity index is 370. The highest BCUT2D eigenvalue weighted by Crippen LogP contribution is 2.34. The van der Waals surface area contributed by atoms with Crippen LogP contribution in [0.3, 0.4) is 0 Å². The van der Waals surface area contributed by atoms with Gasteiger partial charge in [-0.3, -0.25) is 0 Å². The van der Waals surface area contributed by atoms with E-state index in [-0.39, 0.29) is 0 Å². The largest absolute Gasteiger partial charge is 0.492 e. The second-order valence-electron chi connectivity index (χ2n) is 5.42. The van der Waals surface area contributed by atoms with Crippen molar-refractivity contribution >= 4 is 0 Å². The van der Waals surface area contributed by atoms with E-state index in [4.69, 9.17) is 4.74 Å². The van der Waals surface area contributed by atoms with Gasteiger partial charge in [0.25, 0.3) is 0 Å². The van der Waals surface area contributed by atoms with Gasteiger partial charge in [0.15, 0.2) is 0 Å². The maximum Gasteiger partial charge on any atom is 0.126 e. The molecule has 0 spiro atoms. The van der Waals surface area contributed by atoms with Gasteiger partial charge in [0.1, 0.15) is 12.4 Å². The summed E-state index contributed by atoms with van der Waals surface area (Å²) in [5.74, 6) is 2.04. The van der Waals surface area contributed by atoms with Gasteiger partial charge in [0, 0.05) is 13.1 Å². The third kappa shape index (κ3) is 4.71. The minimum atomic E-state index is 0.481. The molecule has 19 heavy (non-hydrogen) atoms. The van der Waals surface area contributed by atoms with E-state index >= 15 is 0 Å². The summed E-state index contributed by atoms with van der Waals surface area (Å²) in [4.78, 5) is 0. The normalized spacial score (nSPS) is 11.1. The Balaban J connectivity index is 2.79. The molecule has 0 amide bonds. The number of benzene rings is 1. The lowest BCUT2D eigenvalue weighted by Crippen LogP contribution is -2.21. The van der Waals surface area contributed by atoms with Crippen LogP contribution in [-0.4, -0.2) is 19.7 Å². The number of ether oxygens (including phenoxy) is 1. The molecule has 0 radical (unpaired) electrons. The number of rotatable bonds is 8. The Hall–Kier alpha value is -1.28. The van der Waals surface area contributed by atoms with Gasteiger partial charge in [0.05, 0.1) is 0 Å². The van der Waals surface area contributed by atoms with Crippen LogP contribution in [0.5, 0.6) is 5.75 Å². The molecule has 1 N–H and O–H groups in total. The Morgan fingerprint density at radius 1 is 1.16 bits per heavy atom. The molecule has 1 aromatic carbocycles. The summed E-state index contributed by atoms with van der Waals surface area (Å²) in [6.45, 7) is 14.9. The zero-order valence-corrected chi connectivity index (χ0v) is 12.7. The van der Waals surface area contributed by atoms with Gasteiger partial charge in [-0.25, -0.2) is 0 Å². The molecule has 0 aliphatic carbocycles. The van der Waals surface area contributed by atoms with E-state index in [1.165, 1.54) is 11.1 Å². The molecule has 0 saturated heterocycles. The smallest absolute Gasteiger partial charge is 0.126 e. The highest BCUT2D eigenvalue weighted by Gasteiger charge is 2.14. The lowest BCUT2D eigenvalue weighted by atomic mass is 9.94. The van der Waals surface area contributed by atoms with E-state index < -0.39 is 0 Å². The zero-order valence-electron chi connectivity index (χ0n) is 12.7. The van der Waals surface area contributed by atoms with E-state index in [0.717, 1.165) is 18.8 Å². The average molecular weight is 261 g/mol. The van der Waals surface area contributed by atoms with Crippen LogP contribution in [0.4, 0.5) is 0 Å². The Morgan fingerprint density at radius 3 is 2.21 bits per heavy atom. The lowest BCUT2D eigenvalue weighted by molar-refractivity contribution is 0.308. The Kier molecular flexibility index (Phi) is 6.65. The molecule has 0 aliphatic rings. The molecule has 0 heterocycles. The predicted molar refractivity (Wildman–Crippen MR) is 83.2 cm³/mol. The standard InChI is InChI=1S/C17H27NO/c1-6-10-18-11-12-19-17-15(13(2)3)8-7-9-16(17)14(4)5/h6-9,13-14,18H,1,10-12H2,2-5H3. The van der Waals surface area contributed by atoms with Crippen LogP contribution >= 0.6 is 0 Å². The van der Waals surface area contributed by atoms with Crippen LogP contribution in [0, 0.1) is 0 Å². The van der Waals surface area contributed by atoms with E-state index in [0.29, 0.717) is 18.4 Å². The highest BCUT2D eigenvalue weighted by atomic mass is 16.5. The molecule has 0 unspecified atom stereocenters. The minimum Gasteiger partial charge on any atom is -0.492 e. The van der Waals surface area contributed by atoms with Crippen molar-refractivity contribution in [2.45, 2.75) is 39.5 Å². The lowest BCUT2D eigenvalue weighted by Gasteiger charge is -2.20. The number of para-hydroxylation sites is 1. The van der Waals surface area contributed by atoms with E-state index in [1.807, 2.05) is 6.08 Å². The molecule has 1 rings (SSSR count). The van der Waals surface area contributed by atoms with Gasteiger partial charge in [-0.2, -0.15) is 0 Å². The van der Waals surface area contributed by atoms with Gasteiger partial charge in [-0.15, -0.1) is 6.58 Å². The second kappa shape index (κ2) is 8.00. The Labute approximate surface area is 117 Å². The number of hydrogen-bond acceptors (Lipinski definition) is 2. The van der Waals surface area contributed by atoms with E-state index in [1.54, 1.807) is 0 Å². The van der Waals surface area contributed by atoms with Gasteiger partial charge < -0.3 is 10.1 Å². The maximum absolute atomic E-state index is 6.04. The van der Waals surface area contributed by atoms with Gasteiger partial charge >= 0.3 is 0 Å². The van der Waals surface area contributed by atoms with E-state index in [2.05, 4.69) is 57.8 Å². The fourth-order valence-electron chi connectivity index (χ4n) is 2.08. The minimum absolute atomic E-state index is 0.481. The summed E-state index contributed by atoms with van der Waals surface area (Å²) in [7, 11) is 0. The van der Waals surface area contributed by atoms with Gasteiger partial charge in [-0.05, 0) is 23.0 Å². The molecule has 0 bridgehead atoms. The van der Waals surface area contributed by atoms with Crippen molar-refractivity contribution in [3.63, 3.8) is 0 Å². The van der Waals surface area contributed by atoms with Crippen LogP contribution in [0.1, 0.15) is 50.7 Å². The molecular formula is C17H27NO. The highest BCUT2D eigenvalue weighted by molar-refractivity contribution is 5.44. The van der Waals surface area contributed by atoms with Crippen molar-refractivity contribution in [3.8, 4) is 5.75 Å². The fraction of sp³-hybridized carbons (Fsp3) is 0.529. The van der Waals surface area contributed by atoms with E-state index in [9.17, 15) is 0 Å². The van der Waals surface area contributed by atoms with Crippen molar-refractivity contribution in [3.05, 3.63) is 42.0 Å². The molecule has 2 heteroatoms. The Morgan fingerprint density at radius 2 is 1.74 bits per heavy atom. The molecule has 1 aromatic rings.